The van der Waals surface area contributed by atoms with E-state index < -0.39 is 15.9 Å². The molecule has 6 nitrogen and oxygen atoms in total. The van der Waals surface area contributed by atoms with Crippen molar-refractivity contribution in [1.82, 2.24) is 4.90 Å². The van der Waals surface area contributed by atoms with E-state index in [0.717, 1.165) is 10.6 Å². The maximum atomic E-state index is 12.7. The van der Waals surface area contributed by atoms with Crippen LogP contribution in [-0.4, -0.2) is 50.1 Å². The first kappa shape index (κ1) is 18.8. The summed E-state index contributed by atoms with van der Waals surface area (Å²) < 4.78 is 34.8. The zero-order valence-electron chi connectivity index (χ0n) is 14.7. The number of thioether (sulfide) groups is 1. The third-order valence-corrected chi connectivity index (χ3v) is 6.89. The molecule has 2 heterocycles. The highest BCUT2D eigenvalue weighted by atomic mass is 32.2. The molecule has 140 valence electrons. The molecule has 0 N–H and O–H groups in total. The number of methoxy groups -OCH3 is 1. The average Bonchev–Trinajstić information content (AvgIpc) is 3.05. The number of hydrogen-bond donors (Lipinski definition) is 0. The van der Waals surface area contributed by atoms with Gasteiger partial charge in [0.25, 0.3) is 0 Å². The van der Waals surface area contributed by atoms with Crippen LogP contribution in [0.4, 0.5) is 0 Å². The Morgan fingerprint density at radius 1 is 1.27 bits per heavy atom. The van der Waals surface area contributed by atoms with Crippen molar-refractivity contribution in [2.24, 2.45) is 0 Å². The molecule has 0 spiro atoms. The highest BCUT2D eigenvalue weighted by Gasteiger charge is 2.36. The molecule has 2 aromatic rings. The lowest BCUT2D eigenvalue weighted by molar-refractivity contribution is -0.130. The summed E-state index contributed by atoms with van der Waals surface area (Å²) in [7, 11) is -1.58. The van der Waals surface area contributed by atoms with E-state index in [1.807, 2.05) is 24.3 Å². The zero-order valence-corrected chi connectivity index (χ0v) is 16.3. The SMILES string of the molecule is COc1ccc(SCC(=O)N2CCS(=O)(=O)C[C@H]2c2ccc(C)o2)cc1. The predicted octanol–water partition coefficient (Wildman–Crippen LogP) is 2.69. The Kier molecular flexibility index (Phi) is 5.62. The number of ether oxygens (including phenoxy) is 1. The minimum absolute atomic E-state index is 0.0118. The Labute approximate surface area is 157 Å². The van der Waals surface area contributed by atoms with E-state index in [1.165, 1.54) is 11.8 Å². The number of furan rings is 1. The average molecular weight is 396 g/mol. The number of carbonyl (C=O) groups is 1. The van der Waals surface area contributed by atoms with Crippen LogP contribution >= 0.6 is 11.8 Å². The molecule has 1 aliphatic rings. The van der Waals surface area contributed by atoms with Gasteiger partial charge in [0.05, 0.1) is 24.4 Å². The van der Waals surface area contributed by atoms with Gasteiger partial charge in [-0.3, -0.25) is 4.79 Å². The Morgan fingerprint density at radius 2 is 2.00 bits per heavy atom. The van der Waals surface area contributed by atoms with Gasteiger partial charge in [-0.05, 0) is 43.3 Å². The number of amides is 1. The van der Waals surface area contributed by atoms with Gasteiger partial charge < -0.3 is 14.1 Å². The van der Waals surface area contributed by atoms with E-state index in [2.05, 4.69) is 0 Å². The Balaban J connectivity index is 1.71. The molecule has 1 aromatic heterocycles. The molecule has 1 fully saturated rings. The molecule has 1 amide bonds. The molecule has 3 rings (SSSR count). The zero-order chi connectivity index (χ0) is 18.7. The van der Waals surface area contributed by atoms with Crippen LogP contribution in [0.1, 0.15) is 17.6 Å². The Bertz CT molecular complexity index is 873. The minimum Gasteiger partial charge on any atom is -0.497 e. The number of sulfone groups is 1. The lowest BCUT2D eigenvalue weighted by Gasteiger charge is -2.34. The van der Waals surface area contributed by atoms with E-state index in [4.69, 9.17) is 9.15 Å². The monoisotopic (exact) mass is 395 g/mol. The molecule has 1 saturated heterocycles. The second kappa shape index (κ2) is 7.75. The first-order valence-electron chi connectivity index (χ1n) is 8.21. The van der Waals surface area contributed by atoms with Crippen LogP contribution in [0.15, 0.2) is 45.7 Å². The molecular formula is C18H21NO5S2. The largest absolute Gasteiger partial charge is 0.497 e. The third kappa shape index (κ3) is 4.42. The van der Waals surface area contributed by atoms with Gasteiger partial charge in [0.2, 0.25) is 5.91 Å². The molecule has 0 aliphatic carbocycles. The Hall–Kier alpha value is -1.93. The molecule has 1 aliphatic heterocycles. The molecule has 8 heteroatoms. The summed E-state index contributed by atoms with van der Waals surface area (Å²) in [6, 6.07) is 10.4. The number of carbonyl (C=O) groups excluding carboxylic acids is 1. The maximum Gasteiger partial charge on any atom is 0.233 e. The first-order chi connectivity index (χ1) is 12.4. The summed E-state index contributed by atoms with van der Waals surface area (Å²) in [5.74, 6) is 2.01. The Morgan fingerprint density at radius 3 is 2.62 bits per heavy atom. The van der Waals surface area contributed by atoms with Gasteiger partial charge in [0.15, 0.2) is 9.84 Å². The van der Waals surface area contributed by atoms with Crippen molar-refractivity contribution in [3.63, 3.8) is 0 Å². The molecular weight excluding hydrogens is 374 g/mol. The van der Waals surface area contributed by atoms with Crippen LogP contribution in [0, 0.1) is 6.92 Å². The van der Waals surface area contributed by atoms with E-state index in [9.17, 15) is 13.2 Å². The topological polar surface area (TPSA) is 76.8 Å². The van der Waals surface area contributed by atoms with Gasteiger partial charge in [-0.1, -0.05) is 0 Å². The van der Waals surface area contributed by atoms with Crippen LogP contribution in [0.2, 0.25) is 0 Å². The van der Waals surface area contributed by atoms with E-state index >= 15 is 0 Å². The summed E-state index contributed by atoms with van der Waals surface area (Å²) >= 11 is 1.42. The number of benzene rings is 1. The molecule has 26 heavy (non-hydrogen) atoms. The van der Waals surface area contributed by atoms with Crippen molar-refractivity contribution in [1.29, 1.82) is 0 Å². The van der Waals surface area contributed by atoms with Crippen LogP contribution in [0.25, 0.3) is 0 Å². The lowest BCUT2D eigenvalue weighted by Crippen LogP contribution is -2.46. The predicted molar refractivity (Wildman–Crippen MR) is 100 cm³/mol. The summed E-state index contributed by atoms with van der Waals surface area (Å²) in [4.78, 5) is 15.3. The quantitative estimate of drug-likeness (QED) is 0.725. The maximum absolute atomic E-state index is 12.7. The first-order valence-corrected chi connectivity index (χ1v) is 11.0. The van der Waals surface area contributed by atoms with Crippen molar-refractivity contribution in [2.75, 3.05) is 30.9 Å². The second-order valence-corrected chi connectivity index (χ2v) is 9.41. The van der Waals surface area contributed by atoms with E-state index in [1.54, 1.807) is 31.1 Å². The fourth-order valence-corrected chi connectivity index (χ4v) is 5.13. The van der Waals surface area contributed by atoms with Crippen molar-refractivity contribution >= 4 is 27.5 Å². The van der Waals surface area contributed by atoms with Crippen molar-refractivity contribution < 1.29 is 22.4 Å². The highest BCUT2D eigenvalue weighted by Crippen LogP contribution is 2.30. The van der Waals surface area contributed by atoms with Gasteiger partial charge in [0, 0.05) is 11.4 Å². The molecule has 0 bridgehead atoms. The fourth-order valence-electron chi connectivity index (χ4n) is 2.87. The van der Waals surface area contributed by atoms with Gasteiger partial charge in [-0.15, -0.1) is 11.8 Å². The number of rotatable bonds is 5. The second-order valence-electron chi connectivity index (χ2n) is 6.13. The minimum atomic E-state index is -3.19. The van der Waals surface area contributed by atoms with Crippen molar-refractivity contribution in [3.05, 3.63) is 47.9 Å². The van der Waals surface area contributed by atoms with Crippen LogP contribution < -0.4 is 4.74 Å². The summed E-state index contributed by atoms with van der Waals surface area (Å²) in [6.07, 6.45) is 0. The molecule has 0 saturated carbocycles. The van der Waals surface area contributed by atoms with Gasteiger partial charge in [0.1, 0.15) is 23.3 Å². The van der Waals surface area contributed by atoms with Gasteiger partial charge in [-0.25, -0.2) is 8.42 Å². The smallest absolute Gasteiger partial charge is 0.233 e. The van der Waals surface area contributed by atoms with E-state index in [0.29, 0.717) is 11.5 Å². The van der Waals surface area contributed by atoms with Crippen LogP contribution in [-0.2, 0) is 14.6 Å². The number of hydrogen-bond acceptors (Lipinski definition) is 6. The number of nitrogens with zero attached hydrogens (tertiary/aromatic N) is 1. The molecule has 0 radical (unpaired) electrons. The van der Waals surface area contributed by atoms with Crippen LogP contribution in [0.3, 0.4) is 0 Å². The third-order valence-electron chi connectivity index (χ3n) is 4.26. The summed E-state index contributed by atoms with van der Waals surface area (Å²) in [5, 5.41) is 0. The summed E-state index contributed by atoms with van der Waals surface area (Å²) in [5.41, 5.74) is 0. The molecule has 1 atom stereocenters. The highest BCUT2D eigenvalue weighted by molar-refractivity contribution is 8.00. The van der Waals surface area contributed by atoms with Gasteiger partial charge in [-0.2, -0.15) is 0 Å². The van der Waals surface area contributed by atoms with Crippen molar-refractivity contribution in [2.45, 2.75) is 17.9 Å². The van der Waals surface area contributed by atoms with Crippen LogP contribution in [0.5, 0.6) is 5.75 Å². The van der Waals surface area contributed by atoms with Gasteiger partial charge >= 0.3 is 0 Å². The number of aryl methyl sites for hydroxylation is 1. The fraction of sp³-hybridized carbons (Fsp3) is 0.389. The standard InChI is InChI=1S/C18H21NO5S2/c1-13-3-8-17(24-13)16-12-26(21,22)10-9-19(16)18(20)11-25-15-6-4-14(23-2)5-7-15/h3-8,16H,9-12H2,1-2H3/t16-/m0/s1. The summed E-state index contributed by atoms with van der Waals surface area (Å²) in [6.45, 7) is 1.99. The molecule has 0 unspecified atom stereocenters. The normalized spacial score (nSPS) is 19.3. The van der Waals surface area contributed by atoms with E-state index in [-0.39, 0.29) is 29.7 Å². The lowest BCUT2D eigenvalue weighted by atomic mass is 10.2. The van der Waals surface area contributed by atoms with Crippen molar-refractivity contribution in [3.8, 4) is 5.75 Å². The molecule has 1 aromatic carbocycles.